The van der Waals surface area contributed by atoms with E-state index in [0.717, 1.165) is 16.5 Å². The lowest BCUT2D eigenvalue weighted by atomic mass is 9.96. The number of aliphatic carboxylic acids is 1. The first kappa shape index (κ1) is 70.2. The Bertz CT molecular complexity index is 2990. The molecule has 0 bridgehead atoms. The summed E-state index contributed by atoms with van der Waals surface area (Å²) in [6.45, 7) is 3.95. The molecule has 5 rings (SSSR count). The largest absolute Gasteiger partial charge is 0.480 e. The highest BCUT2D eigenvalue weighted by molar-refractivity contribution is 7.98. The zero-order valence-electron chi connectivity index (χ0n) is 50.1. The summed E-state index contributed by atoms with van der Waals surface area (Å²) in [5, 5.41) is 40.1. The third-order valence-corrected chi connectivity index (χ3v) is 16.0. The number of carbonyl (C=O) groups excluding carboxylic acids is 9. The van der Waals surface area contributed by atoms with Crippen molar-refractivity contribution in [1.82, 2.24) is 62.4 Å². The molecule has 1 fully saturated rings. The summed E-state index contributed by atoms with van der Waals surface area (Å²) in [6.07, 6.45) is 7.51. The Morgan fingerprint density at radius 3 is 1.93 bits per heavy atom. The van der Waals surface area contributed by atoms with Crippen LogP contribution in [0.25, 0.3) is 10.9 Å². The number of carboxylic acid groups (broad SMARTS) is 1. The lowest BCUT2D eigenvalue weighted by Crippen LogP contribution is -2.61. The standard InChI is InChI=1S/C59H87N17O11S/c1-4-34(2)49(75-55(83)45(29-36-31-67-40-17-9-8-16-38(36)40)73-50(78)39(61)28-35-14-6-5-7-15-35)56(84)71-43(21-22-48(62)77)53(81)70-42(19-12-25-66-59(63)64)51(79)69-41(18-10-11-24-60)52(80)74-46(30-37-32-65-33-68-37)54(82)72-44(23-27-88-3)57(85)76-26-13-20-47(76)58(86)87/h5-9,14-17,31-34,39,41-47,49,67H,4,10-13,18-30,60-61H2,1-3H3,(H2,62,77)(H,65,68)(H,69,79)(H,70,81)(H,71,84)(H,72,82)(H,73,78)(H,74,80)(H,75,83)(H,86,87)(H4,63,64,66)/t34-,39-,41-,42-,43-,44-,45-,46-,47-,49-/m0/s1. The first-order chi connectivity index (χ1) is 42.1. The van der Waals surface area contributed by atoms with E-state index in [1.165, 1.54) is 29.2 Å². The molecule has 0 radical (unpaired) electrons. The normalized spacial score (nSPS) is 16.0. The number of H-pyrrole nitrogens is 2. The average molecular weight is 1240 g/mol. The number of nitrogens with one attached hydrogen (secondary N) is 11. The van der Waals surface area contributed by atoms with Crippen LogP contribution in [-0.4, -0.2) is 176 Å². The number of aromatic amines is 2. The summed E-state index contributed by atoms with van der Waals surface area (Å²) < 4.78 is 0. The molecule has 88 heavy (non-hydrogen) atoms. The monoisotopic (exact) mass is 1240 g/mol. The molecule has 1 saturated heterocycles. The van der Waals surface area contributed by atoms with Gasteiger partial charge in [-0.3, -0.25) is 48.6 Å². The van der Waals surface area contributed by atoms with Gasteiger partial charge in [-0.2, -0.15) is 11.8 Å². The fraction of sp³-hybridized carbons (Fsp3) is 0.525. The van der Waals surface area contributed by atoms with Gasteiger partial charge in [0.1, 0.15) is 48.3 Å². The van der Waals surface area contributed by atoms with Crippen molar-refractivity contribution in [3.8, 4) is 0 Å². The van der Waals surface area contributed by atoms with Gasteiger partial charge >= 0.3 is 5.97 Å². The lowest BCUT2D eigenvalue weighted by Gasteiger charge is -2.30. The van der Waals surface area contributed by atoms with E-state index in [1.807, 2.05) is 60.9 Å². The van der Waals surface area contributed by atoms with Crippen LogP contribution in [-0.2, 0) is 67.2 Å². The molecule has 2 aromatic carbocycles. The molecule has 10 atom stereocenters. The van der Waals surface area contributed by atoms with E-state index < -0.39 is 126 Å². The van der Waals surface area contributed by atoms with Gasteiger partial charge in [-0.15, -0.1) is 0 Å². The molecule has 480 valence electrons. The van der Waals surface area contributed by atoms with Crippen LogP contribution in [0.15, 0.2) is 73.3 Å². The molecule has 1 aliphatic rings. The molecule has 1 aliphatic heterocycles. The van der Waals surface area contributed by atoms with Crippen LogP contribution >= 0.6 is 11.8 Å². The smallest absolute Gasteiger partial charge is 0.326 e. The molecule has 9 amide bonds. The minimum atomic E-state index is -1.55. The lowest BCUT2D eigenvalue weighted by molar-refractivity contribution is -0.149. The predicted octanol–water partition coefficient (Wildman–Crippen LogP) is -0.828. The van der Waals surface area contributed by atoms with Gasteiger partial charge in [0.15, 0.2) is 5.96 Å². The summed E-state index contributed by atoms with van der Waals surface area (Å²) in [5.41, 5.74) is 26.0. The fourth-order valence-electron chi connectivity index (χ4n) is 10.2. The van der Waals surface area contributed by atoms with Crippen LogP contribution in [0.1, 0.15) is 101 Å². The number of hydrogen-bond donors (Lipinski definition) is 16. The molecular weight excluding hydrogens is 1150 g/mol. The van der Waals surface area contributed by atoms with E-state index in [2.05, 4.69) is 57.5 Å². The van der Waals surface area contributed by atoms with Crippen LogP contribution in [0, 0.1) is 11.3 Å². The zero-order chi connectivity index (χ0) is 64.3. The molecule has 0 aliphatic carbocycles. The van der Waals surface area contributed by atoms with Crippen molar-refractivity contribution in [1.29, 1.82) is 5.41 Å². The van der Waals surface area contributed by atoms with E-state index >= 15 is 0 Å². The summed E-state index contributed by atoms with van der Waals surface area (Å²) in [4.78, 5) is 151. The molecule has 20 N–H and O–H groups in total. The number of carboxylic acids is 1. The van der Waals surface area contributed by atoms with Crippen molar-refractivity contribution in [2.24, 2.45) is 28.9 Å². The number of nitrogens with zero attached hydrogens (tertiary/aromatic N) is 2. The summed E-state index contributed by atoms with van der Waals surface area (Å²) >= 11 is 1.41. The number of para-hydroxylation sites is 1. The number of guanidine groups is 1. The molecule has 3 heterocycles. The number of nitrogens with two attached hydrogens (primary N) is 4. The molecule has 4 aromatic rings. The van der Waals surface area contributed by atoms with Crippen molar-refractivity contribution < 1.29 is 53.1 Å². The van der Waals surface area contributed by atoms with Crippen molar-refractivity contribution in [2.45, 2.75) is 158 Å². The second-order valence-electron chi connectivity index (χ2n) is 21.9. The number of carbonyl (C=O) groups is 10. The van der Waals surface area contributed by atoms with Gasteiger partial charge in [0.05, 0.1) is 18.1 Å². The van der Waals surface area contributed by atoms with Gasteiger partial charge in [0, 0.05) is 55.6 Å². The number of likely N-dealkylation sites (tertiary alicyclic amines) is 1. The third kappa shape index (κ3) is 22.0. The predicted molar refractivity (Wildman–Crippen MR) is 331 cm³/mol. The van der Waals surface area contributed by atoms with Gasteiger partial charge in [0.2, 0.25) is 53.2 Å². The summed E-state index contributed by atoms with van der Waals surface area (Å²) in [6, 6.07) is 4.86. The van der Waals surface area contributed by atoms with Gasteiger partial charge < -0.3 is 85.4 Å². The molecule has 0 unspecified atom stereocenters. The number of thioether (sulfide) groups is 1. The van der Waals surface area contributed by atoms with Crippen LogP contribution in [0.4, 0.5) is 0 Å². The Morgan fingerprint density at radius 1 is 0.716 bits per heavy atom. The Kier molecular flexibility index (Phi) is 28.6. The minimum absolute atomic E-state index is 0.00866. The van der Waals surface area contributed by atoms with Crippen molar-refractivity contribution in [3.05, 3.63) is 90.1 Å². The van der Waals surface area contributed by atoms with Gasteiger partial charge in [0.25, 0.3) is 0 Å². The summed E-state index contributed by atoms with van der Waals surface area (Å²) in [5.74, 6) is -8.75. The Morgan fingerprint density at radius 2 is 1.31 bits per heavy atom. The topological polar surface area (TPSA) is 463 Å². The summed E-state index contributed by atoms with van der Waals surface area (Å²) in [7, 11) is 0. The molecule has 29 heteroatoms. The highest BCUT2D eigenvalue weighted by Crippen LogP contribution is 2.22. The van der Waals surface area contributed by atoms with Crippen molar-refractivity contribution >= 4 is 87.8 Å². The fourth-order valence-corrected chi connectivity index (χ4v) is 10.7. The zero-order valence-corrected chi connectivity index (χ0v) is 50.9. The highest BCUT2D eigenvalue weighted by atomic mass is 32.2. The number of rotatable bonds is 38. The number of fused-ring (bicyclic) bond motifs is 1. The number of amides is 9. The molecule has 2 aromatic heterocycles. The van der Waals surface area contributed by atoms with Gasteiger partial charge in [-0.1, -0.05) is 68.8 Å². The van der Waals surface area contributed by atoms with Crippen LogP contribution in [0.3, 0.4) is 0 Å². The van der Waals surface area contributed by atoms with Crippen LogP contribution in [0.5, 0.6) is 0 Å². The number of imidazole rings is 1. The molecular formula is C59H87N17O11S. The second-order valence-corrected chi connectivity index (χ2v) is 22.9. The molecule has 28 nitrogen and oxygen atoms in total. The van der Waals surface area contributed by atoms with E-state index in [9.17, 15) is 53.1 Å². The number of aromatic nitrogens is 3. The third-order valence-electron chi connectivity index (χ3n) is 15.3. The van der Waals surface area contributed by atoms with E-state index in [0.29, 0.717) is 42.7 Å². The SMILES string of the molecule is CC[C@H](C)[C@H](NC(=O)[C@H](Cc1c[nH]c2ccccc12)NC(=O)[C@@H](N)Cc1ccccc1)C(=O)N[C@@H](CCC(N)=O)C(=O)N[C@@H](CCCNC(=N)N)C(=O)N[C@@H](CCCCN)C(=O)N[C@@H](Cc1c[nH]cn1)C(=O)N[C@@H](CCSC)C(=O)N1CCC[C@H]1C(=O)O. The van der Waals surface area contributed by atoms with Crippen LogP contribution in [0.2, 0.25) is 0 Å². The average Bonchev–Trinajstić information content (AvgIpc) is 2.36. The molecule has 0 spiro atoms. The minimum Gasteiger partial charge on any atom is -0.480 e. The maximum atomic E-state index is 14.6. The quantitative estimate of drug-likeness (QED) is 0.0148. The van der Waals surface area contributed by atoms with E-state index in [1.54, 1.807) is 20.0 Å². The molecule has 0 saturated carbocycles. The number of primary amides is 1. The van der Waals surface area contributed by atoms with Crippen molar-refractivity contribution in [2.75, 3.05) is 31.6 Å². The second kappa shape index (κ2) is 35.9. The number of hydrogen-bond acceptors (Lipinski definition) is 15. The van der Waals surface area contributed by atoms with E-state index in [4.69, 9.17) is 28.3 Å². The highest BCUT2D eigenvalue weighted by Gasteiger charge is 2.40. The first-order valence-electron chi connectivity index (χ1n) is 29.7. The Labute approximate surface area is 515 Å². The van der Waals surface area contributed by atoms with Crippen molar-refractivity contribution in [3.63, 3.8) is 0 Å². The Hall–Kier alpha value is -8.57. The first-order valence-corrected chi connectivity index (χ1v) is 31.1. The van der Waals surface area contributed by atoms with Gasteiger partial charge in [-0.25, -0.2) is 9.78 Å². The number of benzene rings is 2. The van der Waals surface area contributed by atoms with Gasteiger partial charge in [-0.05, 0) is 106 Å². The Balaban J connectivity index is 1.39. The van der Waals surface area contributed by atoms with E-state index in [-0.39, 0.29) is 83.4 Å². The van der Waals surface area contributed by atoms with Crippen LogP contribution < -0.4 is 65.5 Å². The maximum absolute atomic E-state index is 14.6. The maximum Gasteiger partial charge on any atom is 0.326 e. The number of unbranched alkanes of at least 4 members (excludes halogenated alkanes) is 1.